The van der Waals surface area contributed by atoms with Crippen LogP contribution in [-0.2, 0) is 4.79 Å². The van der Waals surface area contributed by atoms with Gasteiger partial charge in [-0.2, -0.15) is 0 Å². The van der Waals surface area contributed by atoms with Gasteiger partial charge < -0.3 is 10.1 Å². The lowest BCUT2D eigenvalue weighted by Crippen LogP contribution is -2.26. The highest BCUT2D eigenvalue weighted by molar-refractivity contribution is 6.14. The van der Waals surface area contributed by atoms with Crippen molar-refractivity contribution in [2.45, 2.75) is 13.3 Å². The van der Waals surface area contributed by atoms with Crippen molar-refractivity contribution in [1.82, 2.24) is 5.32 Å². The highest BCUT2D eigenvalue weighted by atomic mass is 16.5. The maximum atomic E-state index is 11.4. The number of amidine groups is 1. The largest absolute Gasteiger partial charge is 0.496 e. The molecular formula is C18H18N2O2. The Labute approximate surface area is 129 Å². The van der Waals surface area contributed by atoms with Crippen molar-refractivity contribution in [3.63, 3.8) is 0 Å². The maximum absolute atomic E-state index is 11.4. The third kappa shape index (κ3) is 2.86. The van der Waals surface area contributed by atoms with Gasteiger partial charge in [-0.15, -0.1) is 0 Å². The number of carbonyl (C=O) groups excluding carboxylic acids is 1. The third-order valence-electron chi connectivity index (χ3n) is 3.77. The van der Waals surface area contributed by atoms with E-state index in [-0.39, 0.29) is 12.5 Å². The molecule has 0 bridgehead atoms. The van der Waals surface area contributed by atoms with E-state index in [9.17, 15) is 4.79 Å². The van der Waals surface area contributed by atoms with Gasteiger partial charge in [0.2, 0.25) is 5.91 Å². The van der Waals surface area contributed by atoms with Gasteiger partial charge in [0.25, 0.3) is 0 Å². The zero-order valence-electron chi connectivity index (χ0n) is 12.7. The normalized spacial score (nSPS) is 19.5. The molecule has 2 aliphatic rings. The minimum absolute atomic E-state index is 0.0514. The van der Waals surface area contributed by atoms with Gasteiger partial charge in [0.1, 0.15) is 18.1 Å². The average molecular weight is 294 g/mol. The van der Waals surface area contributed by atoms with E-state index in [2.05, 4.69) is 28.5 Å². The Balaban J connectivity index is 1.94. The number of benzene rings is 1. The molecule has 0 saturated carbocycles. The summed E-state index contributed by atoms with van der Waals surface area (Å²) in [6.45, 7) is 2.25. The van der Waals surface area contributed by atoms with Crippen molar-refractivity contribution in [2.75, 3.05) is 13.7 Å². The molecule has 0 radical (unpaired) electrons. The molecule has 1 aromatic carbocycles. The number of carbonyl (C=O) groups is 1. The summed E-state index contributed by atoms with van der Waals surface area (Å²) in [5, 5.41) is 2.81. The number of hydrogen-bond acceptors (Lipinski definition) is 3. The van der Waals surface area contributed by atoms with Crippen LogP contribution in [0.4, 0.5) is 0 Å². The van der Waals surface area contributed by atoms with Gasteiger partial charge in [0, 0.05) is 11.1 Å². The second-order valence-corrected chi connectivity index (χ2v) is 5.32. The standard InChI is InChI=1S/C18H18N2O2/c1-12-7-8-13(9-14-5-3-4-6-16(14)22-2)10-15(12)18-19-11-17(21)20-18/h3-7,9-10H,8,11H2,1-2H3,(H,19,20,21). The van der Waals surface area contributed by atoms with Crippen LogP contribution in [0.5, 0.6) is 5.75 Å². The summed E-state index contributed by atoms with van der Waals surface area (Å²) in [7, 11) is 1.67. The minimum atomic E-state index is -0.0514. The summed E-state index contributed by atoms with van der Waals surface area (Å²) >= 11 is 0. The third-order valence-corrected chi connectivity index (χ3v) is 3.77. The van der Waals surface area contributed by atoms with Crippen LogP contribution in [0.2, 0.25) is 0 Å². The molecule has 1 heterocycles. The maximum Gasteiger partial charge on any atom is 0.247 e. The number of hydrogen-bond donors (Lipinski definition) is 1. The van der Waals surface area contributed by atoms with Gasteiger partial charge >= 0.3 is 0 Å². The summed E-state index contributed by atoms with van der Waals surface area (Å²) in [5.74, 6) is 1.47. The molecule has 0 saturated heterocycles. The lowest BCUT2D eigenvalue weighted by Gasteiger charge is -2.15. The summed E-state index contributed by atoms with van der Waals surface area (Å²) < 4.78 is 5.39. The van der Waals surface area contributed by atoms with Gasteiger partial charge in [-0.05, 0) is 42.7 Å². The minimum Gasteiger partial charge on any atom is -0.496 e. The summed E-state index contributed by atoms with van der Waals surface area (Å²) in [6.07, 6.45) is 7.21. The lowest BCUT2D eigenvalue weighted by molar-refractivity contribution is -0.117. The number of methoxy groups -OCH3 is 1. The van der Waals surface area contributed by atoms with E-state index in [4.69, 9.17) is 4.74 Å². The van der Waals surface area contributed by atoms with Crippen LogP contribution in [0, 0.1) is 0 Å². The summed E-state index contributed by atoms with van der Waals surface area (Å²) in [5.41, 5.74) is 4.33. The predicted octanol–water partition coefficient (Wildman–Crippen LogP) is 2.88. The van der Waals surface area contributed by atoms with E-state index in [0.29, 0.717) is 5.84 Å². The zero-order chi connectivity index (χ0) is 15.5. The molecule has 1 amide bonds. The zero-order valence-corrected chi connectivity index (χ0v) is 12.7. The Morgan fingerprint density at radius 2 is 2.14 bits per heavy atom. The molecule has 3 rings (SSSR count). The Bertz CT molecular complexity index is 739. The van der Waals surface area contributed by atoms with Crippen LogP contribution in [0.1, 0.15) is 18.9 Å². The van der Waals surface area contributed by atoms with E-state index in [1.54, 1.807) is 7.11 Å². The summed E-state index contributed by atoms with van der Waals surface area (Å²) in [4.78, 5) is 15.6. The Kier molecular flexibility index (Phi) is 3.92. The van der Waals surface area contributed by atoms with Crippen LogP contribution in [0.3, 0.4) is 0 Å². The first-order valence-electron chi connectivity index (χ1n) is 7.24. The molecule has 4 nitrogen and oxygen atoms in total. The van der Waals surface area contributed by atoms with Gasteiger partial charge in [-0.3, -0.25) is 9.79 Å². The molecule has 4 heteroatoms. The smallest absolute Gasteiger partial charge is 0.247 e. The van der Waals surface area contributed by atoms with E-state index >= 15 is 0 Å². The fourth-order valence-electron chi connectivity index (χ4n) is 2.59. The van der Waals surface area contributed by atoms with Crippen LogP contribution in [-0.4, -0.2) is 25.4 Å². The van der Waals surface area contributed by atoms with E-state index in [0.717, 1.165) is 34.5 Å². The molecule has 0 unspecified atom stereocenters. The number of nitrogens with one attached hydrogen (secondary N) is 1. The number of amides is 1. The first-order chi connectivity index (χ1) is 10.7. The second-order valence-electron chi connectivity index (χ2n) is 5.32. The van der Waals surface area contributed by atoms with Gasteiger partial charge in [0.15, 0.2) is 0 Å². The number of ether oxygens (including phenoxy) is 1. The first-order valence-corrected chi connectivity index (χ1v) is 7.24. The molecule has 1 aromatic rings. The average Bonchev–Trinajstić information content (AvgIpc) is 2.96. The van der Waals surface area contributed by atoms with Crippen LogP contribution in [0.15, 0.2) is 58.1 Å². The van der Waals surface area contributed by atoms with Gasteiger partial charge in [-0.25, -0.2) is 0 Å². The van der Waals surface area contributed by atoms with Gasteiger partial charge in [-0.1, -0.05) is 24.3 Å². The number of nitrogens with zero attached hydrogens (tertiary/aromatic N) is 1. The van der Waals surface area contributed by atoms with E-state index < -0.39 is 0 Å². The molecule has 0 atom stereocenters. The van der Waals surface area contributed by atoms with Crippen molar-refractivity contribution in [2.24, 2.45) is 4.99 Å². The van der Waals surface area contributed by atoms with Crippen molar-refractivity contribution < 1.29 is 9.53 Å². The fourth-order valence-corrected chi connectivity index (χ4v) is 2.59. The van der Waals surface area contributed by atoms with Crippen LogP contribution < -0.4 is 10.1 Å². The van der Waals surface area contributed by atoms with Gasteiger partial charge in [0.05, 0.1) is 7.11 Å². The Hall–Kier alpha value is -2.62. The SMILES string of the molecule is COc1ccccc1C=C1C=C(C2=NCC(=O)N2)C(C)=CC1. The Morgan fingerprint density at radius 1 is 1.32 bits per heavy atom. The molecule has 0 fully saturated rings. The fraction of sp³-hybridized carbons (Fsp3) is 0.222. The molecule has 1 N–H and O–H groups in total. The first kappa shape index (κ1) is 14.3. The van der Waals surface area contributed by atoms with Crippen LogP contribution >= 0.6 is 0 Å². The topological polar surface area (TPSA) is 50.7 Å². The Morgan fingerprint density at radius 3 is 2.86 bits per heavy atom. The number of rotatable bonds is 3. The van der Waals surface area contributed by atoms with E-state index in [1.807, 2.05) is 31.2 Å². The van der Waals surface area contributed by atoms with Crippen molar-refractivity contribution in [1.29, 1.82) is 0 Å². The van der Waals surface area contributed by atoms with Crippen molar-refractivity contribution >= 4 is 17.8 Å². The number of allylic oxidation sites excluding steroid dienone is 3. The number of aliphatic imine (C=N–C) groups is 1. The highest BCUT2D eigenvalue weighted by Gasteiger charge is 2.20. The monoisotopic (exact) mass is 294 g/mol. The molecule has 0 spiro atoms. The van der Waals surface area contributed by atoms with E-state index in [1.165, 1.54) is 0 Å². The van der Waals surface area contributed by atoms with Crippen LogP contribution in [0.25, 0.3) is 6.08 Å². The number of para-hydroxylation sites is 1. The second kappa shape index (κ2) is 6.02. The molecule has 112 valence electrons. The molecule has 22 heavy (non-hydrogen) atoms. The van der Waals surface area contributed by atoms with Crippen molar-refractivity contribution in [3.8, 4) is 5.75 Å². The molecule has 1 aliphatic carbocycles. The quantitative estimate of drug-likeness (QED) is 0.932. The summed E-state index contributed by atoms with van der Waals surface area (Å²) in [6, 6.07) is 7.92. The highest BCUT2D eigenvalue weighted by Crippen LogP contribution is 2.27. The van der Waals surface area contributed by atoms with Crippen molar-refractivity contribution in [3.05, 3.63) is 58.7 Å². The molecule has 1 aliphatic heterocycles. The molecule has 0 aromatic heterocycles. The lowest BCUT2D eigenvalue weighted by atomic mass is 9.93. The predicted molar refractivity (Wildman–Crippen MR) is 87.9 cm³/mol. The molecular weight excluding hydrogens is 276 g/mol.